The van der Waals surface area contributed by atoms with Crippen LogP contribution in [0.5, 0.6) is 0 Å². The summed E-state index contributed by atoms with van der Waals surface area (Å²) in [5.74, 6) is -1.18. The molecule has 0 aromatic carbocycles. The maximum atomic E-state index is 13.0. The van der Waals surface area contributed by atoms with Crippen LogP contribution in [0.1, 0.15) is 170 Å². The van der Waals surface area contributed by atoms with E-state index in [1.807, 2.05) is 130 Å². The van der Waals surface area contributed by atoms with Gasteiger partial charge >= 0.3 is 0 Å². The molecule has 4 aliphatic carbocycles. The standard InChI is InChI=1S/C23H25N7O2S.3C21H21N7O2S.2CH2O2/c1-2-32-17-8-6-16(7-9-17)30-13-19(21(29-30)18-5-3-4-10-24-18)27-22(31)20-14-33-23(28-20)15-11-25-26-12-15;1-2-30-15-7-14(8-15)28-11-17(19(27-28)16-5-3-4-6-22-16)25-20(29)18-12-31-21(26-18)13-9-23-24-10-13;2*29-15-6-4-14(5-7-15)28-11-17(19(27-28)16-3-1-2-8-22-16)25-20(30)18-12-31-21(26-18)13-9-23-24-10-13;2*2-1-3/h3-5,10-14,16-17H,2,6-9H2,1H3,(H,25,26)(H,27,31);3-6,9-12,14-15H,2,7-8H2,1H3,(H,23,24)(H,25,29);2*1-3,8-12,14-15,29H,4-7H2,(H,23,24)(H,25,30);2*1H,(H,2,3). The molecule has 680 valence electrons. The zero-order chi connectivity index (χ0) is 91.7. The average Bonchev–Trinajstić information content (AvgIpc) is 1.67. The molecule has 0 bridgehead atoms. The number of ether oxygens (including phenoxy) is 2. The van der Waals surface area contributed by atoms with Gasteiger partial charge in [0.15, 0.2) is 0 Å². The molecule has 0 aliphatic heterocycles. The van der Waals surface area contributed by atoms with Crippen LogP contribution >= 0.6 is 45.3 Å². The maximum absolute atomic E-state index is 13.0. The van der Waals surface area contributed by atoms with Crippen molar-refractivity contribution in [3.63, 3.8) is 0 Å². The van der Waals surface area contributed by atoms with Gasteiger partial charge in [-0.2, -0.15) is 40.8 Å². The summed E-state index contributed by atoms with van der Waals surface area (Å²) in [5.41, 5.74) is 12.5. The predicted molar refractivity (Wildman–Crippen MR) is 493 cm³/mol. The minimum Gasteiger partial charge on any atom is -0.483 e. The number of nitrogens with zero attached hydrogens (tertiary/aromatic N) is 20. The van der Waals surface area contributed by atoms with Gasteiger partial charge < -0.3 is 51.2 Å². The van der Waals surface area contributed by atoms with Gasteiger partial charge in [-0.15, -0.1) is 45.3 Å². The van der Waals surface area contributed by atoms with Crippen LogP contribution in [0.15, 0.2) is 193 Å². The quantitative estimate of drug-likeness (QED) is 0.0250. The fourth-order valence-corrected chi connectivity index (χ4v) is 18.3. The van der Waals surface area contributed by atoms with Gasteiger partial charge in [-0.3, -0.25) is 87.8 Å². The molecule has 4 saturated carbocycles. The van der Waals surface area contributed by atoms with Crippen molar-refractivity contribution in [1.29, 1.82) is 0 Å². The molecule has 16 aromatic rings. The second kappa shape index (κ2) is 45.1. The number of aromatic amines is 4. The highest BCUT2D eigenvalue weighted by Crippen LogP contribution is 2.41. The lowest BCUT2D eigenvalue weighted by Crippen LogP contribution is -2.33. The lowest BCUT2D eigenvalue weighted by Gasteiger charge is -2.34. The molecule has 4 aliphatic rings. The highest BCUT2D eigenvalue weighted by molar-refractivity contribution is 7.14. The number of rotatable bonds is 24. The van der Waals surface area contributed by atoms with Crippen molar-refractivity contribution in [2.45, 2.75) is 152 Å². The van der Waals surface area contributed by atoms with Crippen LogP contribution in [0.25, 0.3) is 87.8 Å². The summed E-state index contributed by atoms with van der Waals surface area (Å²) in [4.78, 5) is 104. The second-order valence-corrected chi connectivity index (χ2v) is 33.9. The van der Waals surface area contributed by atoms with E-state index in [4.69, 9.17) is 49.7 Å². The number of aromatic nitrogens is 24. The molecule has 0 radical (unpaired) electrons. The molecule has 44 heteroatoms. The molecule has 0 unspecified atom stereocenters. The number of carbonyl (C=O) groups excluding carboxylic acids is 4. The Labute approximate surface area is 769 Å². The van der Waals surface area contributed by atoms with Gasteiger partial charge in [0.1, 0.15) is 65.6 Å². The van der Waals surface area contributed by atoms with E-state index in [0.717, 1.165) is 139 Å². The monoisotopic (exact) mass is 1860 g/mol. The Morgan fingerprint density at radius 1 is 0.386 bits per heavy atom. The highest BCUT2D eigenvalue weighted by Gasteiger charge is 2.35. The van der Waals surface area contributed by atoms with Crippen molar-refractivity contribution in [3.8, 4) is 87.8 Å². The summed E-state index contributed by atoms with van der Waals surface area (Å²) in [7, 11) is 0. The number of hydrogen-bond acceptors (Lipinski definition) is 30. The van der Waals surface area contributed by atoms with Crippen molar-refractivity contribution in [2.75, 3.05) is 34.5 Å². The molecule has 0 saturated heterocycles. The molecule has 4 fully saturated rings. The zero-order valence-corrected chi connectivity index (χ0v) is 74.5. The summed E-state index contributed by atoms with van der Waals surface area (Å²) in [6.45, 7) is 5.00. The molecule has 0 spiro atoms. The first-order valence-electron chi connectivity index (χ1n) is 42.4. The molecule has 4 amide bonds. The zero-order valence-electron chi connectivity index (χ0n) is 71.2. The van der Waals surface area contributed by atoms with Crippen LogP contribution in [0.2, 0.25) is 0 Å². The number of carboxylic acid groups (broad SMARTS) is 2. The topological polar surface area (TPSA) is 539 Å². The molecule has 16 heterocycles. The maximum Gasteiger partial charge on any atom is 0.290 e. The van der Waals surface area contributed by atoms with Crippen LogP contribution in [-0.4, -0.2) is 214 Å². The van der Waals surface area contributed by atoms with Crippen molar-refractivity contribution < 1.29 is 58.7 Å². The van der Waals surface area contributed by atoms with E-state index in [0.29, 0.717) is 104 Å². The Kier molecular flexibility index (Phi) is 31.5. The molecule has 132 heavy (non-hydrogen) atoms. The fourth-order valence-electron chi connectivity index (χ4n) is 15.2. The van der Waals surface area contributed by atoms with Gasteiger partial charge in [-0.25, -0.2) is 19.9 Å². The third-order valence-corrected chi connectivity index (χ3v) is 25.4. The molecule has 20 rings (SSSR count). The van der Waals surface area contributed by atoms with E-state index in [9.17, 15) is 29.4 Å². The van der Waals surface area contributed by atoms with E-state index in [1.165, 1.54) is 45.3 Å². The highest BCUT2D eigenvalue weighted by atomic mass is 32.1. The lowest BCUT2D eigenvalue weighted by atomic mass is 9.89. The summed E-state index contributed by atoms with van der Waals surface area (Å²) >= 11 is 5.57. The minimum atomic E-state index is -0.304. The van der Waals surface area contributed by atoms with Gasteiger partial charge in [0.2, 0.25) is 0 Å². The first-order chi connectivity index (χ1) is 64.6. The molecule has 12 N–H and O–H groups in total. The smallest absolute Gasteiger partial charge is 0.290 e. The summed E-state index contributed by atoms with van der Waals surface area (Å²) in [6, 6.07) is 23.4. The first-order valence-corrected chi connectivity index (χ1v) is 45.9. The van der Waals surface area contributed by atoms with E-state index < -0.39 is 0 Å². The molecule has 0 atom stereocenters. The van der Waals surface area contributed by atoms with Crippen LogP contribution in [-0.2, 0) is 19.1 Å². The SMILES string of the molecule is CCOC1CC(n2cc(NC(=O)c3csc(-c4cn[nH]c4)n3)c(-c3ccccn3)n2)C1.CCOC1CCC(n2cc(NC(=O)c3csc(-c4cn[nH]c4)n3)c(-c3ccccn3)n2)CC1.O=C(Nc1cn(C2CCC(O)CC2)nc1-c1ccccn1)c1csc(-c2cn[nH]c2)n1.O=C(Nc1cn(C2CCC(O)CC2)nc1-c1ccccn1)c1csc(-c2cn[nH]c2)n1.O=CO.O=CO. The van der Waals surface area contributed by atoms with Crippen molar-refractivity contribution in [2.24, 2.45) is 0 Å². The fraction of sp³-hybridized carbons (Fsp3) is 0.295. The van der Waals surface area contributed by atoms with Crippen LogP contribution in [0, 0.1) is 0 Å². The Hall–Kier alpha value is -14.5. The number of carbonyl (C=O) groups is 6. The van der Waals surface area contributed by atoms with Crippen LogP contribution < -0.4 is 21.3 Å². The van der Waals surface area contributed by atoms with Gasteiger partial charge in [0, 0.05) is 131 Å². The molecule has 40 nitrogen and oxygen atoms in total. The third kappa shape index (κ3) is 23.5. The summed E-state index contributed by atoms with van der Waals surface area (Å²) < 4.78 is 19.1. The number of pyridine rings is 4. The van der Waals surface area contributed by atoms with E-state index in [2.05, 4.69) is 102 Å². The number of nitrogens with one attached hydrogen (secondary N) is 8. The van der Waals surface area contributed by atoms with Crippen molar-refractivity contribution >= 4 is 105 Å². The van der Waals surface area contributed by atoms with E-state index in [-0.39, 0.29) is 79.1 Å². The van der Waals surface area contributed by atoms with Gasteiger partial charge in [0.05, 0.1) is 119 Å². The van der Waals surface area contributed by atoms with Crippen LogP contribution in [0.4, 0.5) is 22.7 Å². The van der Waals surface area contributed by atoms with Crippen molar-refractivity contribution in [3.05, 3.63) is 216 Å². The number of hydrogen-bond donors (Lipinski definition) is 12. The Morgan fingerprint density at radius 2 is 0.644 bits per heavy atom. The summed E-state index contributed by atoms with van der Waals surface area (Å²) in [6.07, 6.45) is 40.3. The number of H-pyrrole nitrogens is 4. The Morgan fingerprint density at radius 3 is 0.886 bits per heavy atom. The first kappa shape index (κ1) is 92.2. The predicted octanol–water partition coefficient (Wildman–Crippen LogP) is 14.8. The Bertz CT molecular complexity index is 6120. The average molecular weight is 1860 g/mol. The number of aliphatic hydroxyl groups is 2. The van der Waals surface area contributed by atoms with Gasteiger partial charge in [-0.1, -0.05) is 24.3 Å². The second-order valence-electron chi connectivity index (χ2n) is 30.5. The number of anilines is 4. The normalized spacial score (nSPS) is 17.8. The van der Waals surface area contributed by atoms with Gasteiger partial charge in [0.25, 0.3) is 36.6 Å². The van der Waals surface area contributed by atoms with Crippen LogP contribution in [0.3, 0.4) is 0 Å². The van der Waals surface area contributed by atoms with Gasteiger partial charge in [-0.05, 0) is 152 Å². The third-order valence-electron chi connectivity index (χ3n) is 21.8. The number of thiazole rings is 4. The van der Waals surface area contributed by atoms with E-state index >= 15 is 0 Å². The largest absolute Gasteiger partial charge is 0.483 e. The Balaban J connectivity index is 0.000000132. The molecular formula is C88H92N28O12S4. The lowest BCUT2D eigenvalue weighted by molar-refractivity contribution is -0.123. The summed E-state index contributed by atoms with van der Waals surface area (Å²) in [5, 5.41) is 101. The van der Waals surface area contributed by atoms with E-state index in [1.54, 1.807) is 95.9 Å². The van der Waals surface area contributed by atoms with Crippen molar-refractivity contribution in [1.82, 2.24) is 120 Å². The number of aliphatic hydroxyl groups excluding tert-OH is 2. The molecular weight excluding hydrogens is 1770 g/mol. The molecule has 16 aromatic heterocycles. The number of amides is 4. The minimum absolute atomic E-state index is 0.184.